The van der Waals surface area contributed by atoms with Gasteiger partial charge in [-0.05, 0) is 48.9 Å². The number of nitrogens with one attached hydrogen (secondary N) is 1. The predicted octanol–water partition coefficient (Wildman–Crippen LogP) is 4.70. The number of carbonyl (C=O) groups is 1. The maximum absolute atomic E-state index is 12.7. The van der Waals surface area contributed by atoms with Gasteiger partial charge < -0.3 is 15.0 Å². The molecule has 0 radical (unpaired) electrons. The lowest BCUT2D eigenvalue weighted by Crippen LogP contribution is -2.39. The maximum atomic E-state index is 12.7. The number of methoxy groups -OCH3 is 1. The van der Waals surface area contributed by atoms with Crippen LogP contribution in [0.1, 0.15) is 16.8 Å². The van der Waals surface area contributed by atoms with Gasteiger partial charge in [0.15, 0.2) is 5.82 Å². The highest BCUT2D eigenvalue weighted by Crippen LogP contribution is 2.25. The van der Waals surface area contributed by atoms with Crippen molar-refractivity contribution >= 4 is 23.3 Å². The summed E-state index contributed by atoms with van der Waals surface area (Å²) in [6, 6.07) is 13.0. The van der Waals surface area contributed by atoms with Crippen molar-refractivity contribution in [1.29, 1.82) is 0 Å². The van der Waals surface area contributed by atoms with E-state index in [-0.39, 0.29) is 6.03 Å². The number of rotatable bonds is 3. The Morgan fingerprint density at radius 1 is 1.21 bits per heavy atom. The van der Waals surface area contributed by atoms with E-state index >= 15 is 0 Å². The van der Waals surface area contributed by atoms with Crippen molar-refractivity contribution in [3.8, 4) is 17.1 Å². The zero-order valence-electron chi connectivity index (χ0n) is 16.3. The molecule has 1 aliphatic heterocycles. The molecule has 0 unspecified atom stereocenters. The Kier molecular flexibility index (Phi) is 5.36. The molecule has 0 saturated heterocycles. The number of benzene rings is 2. The number of amides is 2. The molecule has 2 amide bonds. The van der Waals surface area contributed by atoms with Crippen LogP contribution in [0.3, 0.4) is 0 Å². The molecule has 0 spiro atoms. The first-order chi connectivity index (χ1) is 14.0. The fraction of sp³-hybridized carbons (Fsp3) is 0.227. The van der Waals surface area contributed by atoms with E-state index < -0.39 is 0 Å². The number of hydrogen-bond acceptors (Lipinski definition) is 4. The minimum atomic E-state index is -0.180. The molecule has 1 aliphatic rings. The zero-order chi connectivity index (χ0) is 20.4. The van der Waals surface area contributed by atoms with E-state index in [9.17, 15) is 4.79 Å². The number of anilines is 1. The molecule has 0 fully saturated rings. The SMILES string of the molecule is COc1ccc(-c2ncc3c(n2)CCN(C(=O)Nc2ccc(C)cc2Cl)C3)cc1. The minimum absolute atomic E-state index is 0.180. The van der Waals surface area contributed by atoms with Crippen molar-refractivity contribution in [1.82, 2.24) is 14.9 Å². The van der Waals surface area contributed by atoms with Crippen molar-refractivity contribution in [3.05, 3.63) is 70.5 Å². The Bertz CT molecular complexity index is 1050. The van der Waals surface area contributed by atoms with Crippen LogP contribution in [-0.2, 0) is 13.0 Å². The molecular formula is C22H21ClN4O2. The van der Waals surface area contributed by atoms with Crippen LogP contribution in [0.4, 0.5) is 10.5 Å². The first kappa shape index (κ1) is 19.2. The van der Waals surface area contributed by atoms with E-state index in [1.165, 1.54) is 0 Å². The second kappa shape index (κ2) is 8.09. The molecule has 1 N–H and O–H groups in total. The average molecular weight is 409 g/mol. The Morgan fingerprint density at radius 2 is 2.00 bits per heavy atom. The van der Waals surface area contributed by atoms with Gasteiger partial charge in [-0.15, -0.1) is 0 Å². The molecule has 29 heavy (non-hydrogen) atoms. The summed E-state index contributed by atoms with van der Waals surface area (Å²) in [5.41, 5.74) is 4.52. The maximum Gasteiger partial charge on any atom is 0.322 e. The van der Waals surface area contributed by atoms with Crippen LogP contribution >= 0.6 is 11.6 Å². The van der Waals surface area contributed by atoms with Crippen molar-refractivity contribution in [3.63, 3.8) is 0 Å². The second-order valence-corrected chi connectivity index (χ2v) is 7.39. The lowest BCUT2D eigenvalue weighted by atomic mass is 10.1. The molecule has 6 nitrogen and oxygen atoms in total. The third-order valence-corrected chi connectivity index (χ3v) is 5.25. The van der Waals surface area contributed by atoms with E-state index in [0.717, 1.165) is 28.1 Å². The summed E-state index contributed by atoms with van der Waals surface area (Å²) < 4.78 is 5.19. The van der Waals surface area contributed by atoms with Gasteiger partial charge in [-0.1, -0.05) is 17.7 Å². The molecule has 2 heterocycles. The van der Waals surface area contributed by atoms with Crippen LogP contribution in [0, 0.1) is 6.92 Å². The molecule has 0 bridgehead atoms. The molecule has 0 saturated carbocycles. The molecule has 7 heteroatoms. The average Bonchev–Trinajstić information content (AvgIpc) is 2.75. The van der Waals surface area contributed by atoms with Crippen molar-refractivity contribution in [2.24, 2.45) is 0 Å². The van der Waals surface area contributed by atoms with Gasteiger partial charge in [0.1, 0.15) is 5.75 Å². The molecule has 0 aliphatic carbocycles. The van der Waals surface area contributed by atoms with Crippen LogP contribution in [-0.4, -0.2) is 34.6 Å². The largest absolute Gasteiger partial charge is 0.497 e. The van der Waals surface area contributed by atoms with Crippen LogP contribution < -0.4 is 10.1 Å². The Hall–Kier alpha value is -3.12. The van der Waals surface area contributed by atoms with Crippen LogP contribution in [0.5, 0.6) is 5.75 Å². The summed E-state index contributed by atoms with van der Waals surface area (Å²) in [5, 5.41) is 3.42. The third-order valence-electron chi connectivity index (χ3n) is 4.94. The lowest BCUT2D eigenvalue weighted by molar-refractivity contribution is 0.206. The van der Waals surface area contributed by atoms with E-state index in [1.54, 1.807) is 18.2 Å². The van der Waals surface area contributed by atoms with E-state index in [0.29, 0.717) is 36.0 Å². The Balaban J connectivity index is 1.47. The van der Waals surface area contributed by atoms with Gasteiger partial charge in [0.05, 0.1) is 30.1 Å². The highest BCUT2D eigenvalue weighted by molar-refractivity contribution is 6.33. The summed E-state index contributed by atoms with van der Waals surface area (Å²) in [4.78, 5) is 23.6. The smallest absolute Gasteiger partial charge is 0.322 e. The van der Waals surface area contributed by atoms with Gasteiger partial charge in [-0.2, -0.15) is 0 Å². The lowest BCUT2D eigenvalue weighted by Gasteiger charge is -2.28. The van der Waals surface area contributed by atoms with Crippen molar-refractivity contribution < 1.29 is 9.53 Å². The normalized spacial score (nSPS) is 13.0. The number of aromatic nitrogens is 2. The van der Waals surface area contributed by atoms with Gasteiger partial charge in [-0.3, -0.25) is 0 Å². The fourth-order valence-corrected chi connectivity index (χ4v) is 3.57. The van der Waals surface area contributed by atoms with Gasteiger partial charge >= 0.3 is 6.03 Å². The second-order valence-electron chi connectivity index (χ2n) is 6.98. The number of ether oxygens (including phenoxy) is 1. The quantitative estimate of drug-likeness (QED) is 0.681. The van der Waals surface area contributed by atoms with Crippen molar-refractivity contribution in [2.75, 3.05) is 19.0 Å². The zero-order valence-corrected chi connectivity index (χ0v) is 17.0. The number of hydrogen-bond donors (Lipinski definition) is 1. The van der Waals surface area contributed by atoms with Gasteiger partial charge in [0.25, 0.3) is 0 Å². The highest BCUT2D eigenvalue weighted by atomic mass is 35.5. The Labute approximate surface area is 174 Å². The first-order valence-electron chi connectivity index (χ1n) is 9.35. The Morgan fingerprint density at radius 3 is 2.72 bits per heavy atom. The summed E-state index contributed by atoms with van der Waals surface area (Å²) in [6.45, 7) is 3.01. The first-order valence-corrected chi connectivity index (χ1v) is 9.72. The highest BCUT2D eigenvalue weighted by Gasteiger charge is 2.23. The molecule has 4 rings (SSSR count). The van der Waals surface area contributed by atoms with E-state index in [4.69, 9.17) is 21.3 Å². The monoisotopic (exact) mass is 408 g/mol. The van der Waals surface area contributed by atoms with Crippen LogP contribution in [0.25, 0.3) is 11.4 Å². The number of aryl methyl sites for hydroxylation is 1. The molecule has 3 aromatic rings. The van der Waals surface area contributed by atoms with E-state index in [1.807, 2.05) is 49.4 Å². The molecule has 2 aromatic carbocycles. The van der Waals surface area contributed by atoms with Gasteiger partial charge in [-0.25, -0.2) is 14.8 Å². The molecular weight excluding hydrogens is 388 g/mol. The number of nitrogens with zero attached hydrogens (tertiary/aromatic N) is 3. The number of urea groups is 1. The third kappa shape index (κ3) is 4.17. The minimum Gasteiger partial charge on any atom is -0.497 e. The van der Waals surface area contributed by atoms with Gasteiger partial charge in [0, 0.05) is 30.3 Å². The van der Waals surface area contributed by atoms with E-state index in [2.05, 4.69) is 10.3 Å². The number of carbonyl (C=O) groups excluding carboxylic acids is 1. The number of halogens is 1. The summed E-state index contributed by atoms with van der Waals surface area (Å²) in [5.74, 6) is 1.47. The van der Waals surface area contributed by atoms with Crippen LogP contribution in [0.2, 0.25) is 5.02 Å². The summed E-state index contributed by atoms with van der Waals surface area (Å²) in [7, 11) is 1.64. The molecule has 148 valence electrons. The summed E-state index contributed by atoms with van der Waals surface area (Å²) >= 11 is 6.23. The van der Waals surface area contributed by atoms with Gasteiger partial charge in [0.2, 0.25) is 0 Å². The predicted molar refractivity (Wildman–Crippen MR) is 113 cm³/mol. The standard InChI is InChI=1S/C22H21ClN4O2/c1-14-3-8-20(18(23)11-14)26-22(28)27-10-9-19-16(13-27)12-24-21(25-19)15-4-6-17(29-2)7-5-15/h3-8,11-12H,9-10,13H2,1-2H3,(H,26,28). The fourth-order valence-electron chi connectivity index (χ4n) is 3.28. The topological polar surface area (TPSA) is 67.4 Å². The van der Waals surface area contributed by atoms with Crippen LogP contribution in [0.15, 0.2) is 48.7 Å². The molecule has 0 atom stereocenters. The number of fused-ring (bicyclic) bond motifs is 1. The summed E-state index contributed by atoms with van der Waals surface area (Å²) in [6.07, 6.45) is 2.48. The molecule has 1 aromatic heterocycles. The van der Waals surface area contributed by atoms with Crippen molar-refractivity contribution in [2.45, 2.75) is 19.9 Å².